The van der Waals surface area contributed by atoms with Gasteiger partial charge in [0, 0.05) is 32.8 Å². The molecule has 0 atom stereocenters. The van der Waals surface area contributed by atoms with Gasteiger partial charge in [0.05, 0.1) is 27.8 Å². The van der Waals surface area contributed by atoms with Crippen LogP contribution in [0, 0.1) is 0 Å². The van der Waals surface area contributed by atoms with Crippen LogP contribution < -0.4 is 0 Å². The molecule has 0 bridgehead atoms. The summed E-state index contributed by atoms with van der Waals surface area (Å²) in [5.74, 6) is 0. The molecule has 0 N–H and O–H groups in total. The van der Waals surface area contributed by atoms with Gasteiger partial charge in [-0.15, -0.1) is 0 Å². The van der Waals surface area contributed by atoms with E-state index in [-0.39, 0.29) is 10.8 Å². The zero-order valence-electron chi connectivity index (χ0n) is 35.8. The highest BCUT2D eigenvalue weighted by molar-refractivity contribution is 6.22. The number of rotatable bonds is 5. The highest BCUT2D eigenvalue weighted by atomic mass is 15.0. The maximum atomic E-state index is 2.54. The van der Waals surface area contributed by atoms with Crippen molar-refractivity contribution in [1.82, 2.24) is 9.13 Å². The first-order valence-electron chi connectivity index (χ1n) is 22.1. The van der Waals surface area contributed by atoms with Crippen LogP contribution in [-0.2, 0) is 10.8 Å². The van der Waals surface area contributed by atoms with Crippen LogP contribution in [0.2, 0.25) is 0 Å². The molecule has 0 fully saturated rings. The van der Waals surface area contributed by atoms with E-state index in [2.05, 4.69) is 231 Å². The summed E-state index contributed by atoms with van der Waals surface area (Å²) in [5, 5.41) is 7.60. The number of benzene rings is 9. The van der Waals surface area contributed by atoms with E-state index in [0.29, 0.717) is 0 Å². The summed E-state index contributed by atoms with van der Waals surface area (Å²) >= 11 is 0. The van der Waals surface area contributed by atoms with Crippen molar-refractivity contribution in [1.29, 1.82) is 0 Å². The molecule has 298 valence electrons. The van der Waals surface area contributed by atoms with E-state index in [1.807, 2.05) is 0 Å². The quantitative estimate of drug-likeness (QED) is 0.164. The van der Waals surface area contributed by atoms with Gasteiger partial charge in [-0.25, -0.2) is 0 Å². The van der Waals surface area contributed by atoms with E-state index >= 15 is 0 Å². The second kappa shape index (κ2) is 13.7. The highest BCUT2D eigenvalue weighted by Gasteiger charge is 2.39. The fourth-order valence-corrected chi connectivity index (χ4v) is 11.0. The minimum Gasteiger partial charge on any atom is -0.309 e. The molecule has 2 heteroatoms. The average Bonchev–Trinajstić information content (AvgIpc) is 3.83. The Labute approximate surface area is 363 Å². The van der Waals surface area contributed by atoms with E-state index in [4.69, 9.17) is 0 Å². The first-order chi connectivity index (χ1) is 30.2. The van der Waals surface area contributed by atoms with E-state index in [9.17, 15) is 0 Å². The van der Waals surface area contributed by atoms with Crippen LogP contribution >= 0.6 is 0 Å². The third-order valence-electron chi connectivity index (χ3n) is 14.2. The van der Waals surface area contributed by atoms with Crippen LogP contribution in [0.1, 0.15) is 51.7 Å². The molecular formula is C60H48N2. The van der Waals surface area contributed by atoms with Crippen LogP contribution in [0.3, 0.4) is 0 Å². The normalized spacial score (nSPS) is 14.6. The van der Waals surface area contributed by atoms with Crippen molar-refractivity contribution in [2.24, 2.45) is 0 Å². The van der Waals surface area contributed by atoms with Gasteiger partial charge in [0.25, 0.3) is 0 Å². The molecule has 2 aromatic heterocycles. The lowest BCUT2D eigenvalue weighted by molar-refractivity contribution is 0.333. The highest BCUT2D eigenvalue weighted by Crippen LogP contribution is 2.51. The van der Waals surface area contributed by atoms with Crippen molar-refractivity contribution in [2.45, 2.75) is 51.4 Å². The lowest BCUT2D eigenvalue weighted by atomic mass is 9.61. The van der Waals surface area contributed by atoms with E-state index in [1.165, 1.54) is 117 Å². The Bertz CT molecular complexity index is 3580. The average molecular weight is 797 g/mol. The van der Waals surface area contributed by atoms with Gasteiger partial charge in [-0.1, -0.05) is 167 Å². The van der Waals surface area contributed by atoms with Crippen LogP contribution in [0.15, 0.2) is 194 Å². The molecule has 0 saturated heterocycles. The maximum absolute atomic E-state index is 2.54. The van der Waals surface area contributed by atoms with Gasteiger partial charge < -0.3 is 9.13 Å². The lowest BCUT2D eigenvalue weighted by Crippen LogP contribution is -2.34. The Morgan fingerprint density at radius 3 is 1.81 bits per heavy atom. The zero-order chi connectivity index (χ0) is 41.7. The Kier molecular flexibility index (Phi) is 8.09. The molecule has 0 amide bonds. The number of hydrogen-bond donors (Lipinski definition) is 0. The molecule has 0 radical (unpaired) electrons. The van der Waals surface area contributed by atoms with Crippen molar-refractivity contribution in [3.05, 3.63) is 205 Å². The van der Waals surface area contributed by atoms with Crippen molar-refractivity contribution in [3.63, 3.8) is 0 Å². The van der Waals surface area contributed by atoms with Crippen molar-refractivity contribution >= 4 is 54.4 Å². The van der Waals surface area contributed by atoms with Gasteiger partial charge in [-0.2, -0.15) is 0 Å². The number of hydrogen-bond acceptors (Lipinski definition) is 0. The molecule has 2 nitrogen and oxygen atoms in total. The zero-order valence-corrected chi connectivity index (χ0v) is 35.8. The molecule has 0 saturated carbocycles. The monoisotopic (exact) mass is 796 g/mol. The smallest absolute Gasteiger partial charge is 0.0547 e. The number of aromatic nitrogens is 2. The Morgan fingerprint density at radius 1 is 0.371 bits per heavy atom. The van der Waals surface area contributed by atoms with Crippen LogP contribution in [-0.4, -0.2) is 9.13 Å². The molecular weight excluding hydrogens is 749 g/mol. The Morgan fingerprint density at radius 2 is 0.968 bits per heavy atom. The Hall–Kier alpha value is -7.16. The van der Waals surface area contributed by atoms with Crippen LogP contribution in [0.5, 0.6) is 0 Å². The summed E-state index contributed by atoms with van der Waals surface area (Å²) in [4.78, 5) is 0. The van der Waals surface area contributed by atoms with Crippen LogP contribution in [0.25, 0.3) is 99.1 Å². The first kappa shape index (κ1) is 36.7. The van der Waals surface area contributed by atoms with Crippen molar-refractivity contribution in [2.75, 3.05) is 0 Å². The summed E-state index contributed by atoms with van der Waals surface area (Å²) in [6.07, 6.45) is 2.36. The maximum Gasteiger partial charge on any atom is 0.0547 e. The predicted molar refractivity (Wildman–Crippen MR) is 264 cm³/mol. The number of fused-ring (bicyclic) bond motifs is 9. The molecule has 1 aliphatic carbocycles. The minimum absolute atomic E-state index is 0.0695. The summed E-state index contributed by atoms with van der Waals surface area (Å²) in [6.45, 7) is 9.74. The molecule has 12 rings (SSSR count). The second-order valence-electron chi connectivity index (χ2n) is 18.8. The summed E-state index contributed by atoms with van der Waals surface area (Å²) < 4.78 is 4.96. The van der Waals surface area contributed by atoms with Gasteiger partial charge in [-0.3, -0.25) is 0 Å². The summed E-state index contributed by atoms with van der Waals surface area (Å²) in [7, 11) is 0. The Balaban J connectivity index is 1.07. The molecule has 62 heavy (non-hydrogen) atoms. The molecule has 0 spiro atoms. The van der Waals surface area contributed by atoms with Gasteiger partial charge >= 0.3 is 0 Å². The summed E-state index contributed by atoms with van der Waals surface area (Å²) in [6, 6.07) is 72.3. The lowest BCUT2D eigenvalue weighted by Gasteiger charge is -2.43. The van der Waals surface area contributed by atoms with Crippen molar-refractivity contribution in [3.8, 4) is 44.8 Å². The van der Waals surface area contributed by atoms with Gasteiger partial charge in [-0.05, 0) is 128 Å². The SMILES string of the molecule is CC1(C)CCC(C)(C)c2c(-c3ccccc3-n3c4ccc(-c5ccc6c(c5)c5ccccc5n6-c5cccc(-c6ccccc6)c5)cc4c4c5ccccc5ccc43)cccc21. The number of nitrogens with zero attached hydrogens (tertiary/aromatic N) is 2. The predicted octanol–water partition coefficient (Wildman–Crippen LogP) is 16.4. The topological polar surface area (TPSA) is 9.86 Å². The standard InChI is InChI=1S/C60H48N2/c1-59(2)34-35-60(3,4)58-48(24-15-25-51(58)59)46-22-10-13-27-53(46)62-55-32-30-43(38-50(55)57-45-21-9-8-18-40(45)28-33-56(57)62)42-29-31-54-49(37-42)47-23-11-12-26-52(47)61(54)44-20-14-19-41(36-44)39-16-6-5-7-17-39/h5-33,36-38H,34-35H2,1-4H3. The molecule has 0 unspecified atom stereocenters. The first-order valence-corrected chi connectivity index (χ1v) is 22.1. The van der Waals surface area contributed by atoms with Gasteiger partial charge in [0.1, 0.15) is 0 Å². The largest absolute Gasteiger partial charge is 0.309 e. The van der Waals surface area contributed by atoms with Crippen molar-refractivity contribution < 1.29 is 0 Å². The summed E-state index contributed by atoms with van der Waals surface area (Å²) in [5.41, 5.74) is 17.9. The minimum atomic E-state index is 0.0695. The molecule has 11 aromatic rings. The number of para-hydroxylation sites is 2. The molecule has 0 aliphatic heterocycles. The van der Waals surface area contributed by atoms with Gasteiger partial charge in [0.15, 0.2) is 0 Å². The fraction of sp³-hybridized carbons (Fsp3) is 0.133. The molecule has 1 aliphatic rings. The van der Waals surface area contributed by atoms with Gasteiger partial charge in [0.2, 0.25) is 0 Å². The third kappa shape index (κ3) is 5.56. The van der Waals surface area contributed by atoms with Crippen LogP contribution in [0.4, 0.5) is 0 Å². The second-order valence-corrected chi connectivity index (χ2v) is 18.8. The third-order valence-corrected chi connectivity index (χ3v) is 14.2. The molecule has 2 heterocycles. The molecule has 9 aromatic carbocycles. The van der Waals surface area contributed by atoms with E-state index < -0.39 is 0 Å². The fourth-order valence-electron chi connectivity index (χ4n) is 11.0. The van der Waals surface area contributed by atoms with E-state index in [1.54, 1.807) is 0 Å². The van der Waals surface area contributed by atoms with E-state index in [0.717, 1.165) is 5.69 Å².